The molecule has 0 spiro atoms. The molecule has 0 aliphatic carbocycles. The van der Waals surface area contributed by atoms with Crippen molar-refractivity contribution in [1.29, 1.82) is 0 Å². The van der Waals surface area contributed by atoms with Crippen molar-refractivity contribution in [3.63, 3.8) is 0 Å². The van der Waals surface area contributed by atoms with Gasteiger partial charge in [-0.3, -0.25) is 4.90 Å². The Morgan fingerprint density at radius 3 is 2.55 bits per heavy atom. The summed E-state index contributed by atoms with van der Waals surface area (Å²) in [7, 11) is -3.29. The van der Waals surface area contributed by atoms with Gasteiger partial charge in [0.2, 0.25) is 10.0 Å². The minimum atomic E-state index is -3.29. The second-order valence-corrected chi connectivity index (χ2v) is 5.22. The van der Waals surface area contributed by atoms with Crippen LogP contribution in [0.3, 0.4) is 0 Å². The Morgan fingerprint density at radius 2 is 2.27 bits per heavy atom. The summed E-state index contributed by atoms with van der Waals surface area (Å²) in [4.78, 5) is 2.08. The molecule has 11 heavy (non-hydrogen) atoms. The van der Waals surface area contributed by atoms with Crippen molar-refractivity contribution < 1.29 is 8.42 Å². The molecule has 0 bridgehead atoms. The smallest absolute Gasteiger partial charge is 0.213 e. The summed E-state index contributed by atoms with van der Waals surface area (Å²) in [5.41, 5.74) is 0. The number of sulfonamides is 1. The molecule has 0 radical (unpaired) electrons. The van der Waals surface area contributed by atoms with Crippen molar-refractivity contribution in [2.75, 3.05) is 17.6 Å². The summed E-state index contributed by atoms with van der Waals surface area (Å²) in [5, 5.41) is 4.66. The van der Waals surface area contributed by atoms with Crippen LogP contribution in [0.1, 0.15) is 6.42 Å². The Kier molecular flexibility index (Phi) is 3.12. The first kappa shape index (κ1) is 9.69. The molecule has 0 saturated carbocycles. The molecule has 0 aromatic rings. The zero-order valence-corrected chi connectivity index (χ0v) is 9.01. The van der Waals surface area contributed by atoms with E-state index in [1.807, 2.05) is 0 Å². The summed E-state index contributed by atoms with van der Waals surface area (Å²) >= 11 is 2.22. The first-order chi connectivity index (χ1) is 5.04. The molecule has 1 saturated heterocycles. The molecule has 66 valence electrons. The number of nitrogens with two attached hydrogens (primary N) is 1. The summed E-state index contributed by atoms with van der Waals surface area (Å²) in [6.07, 6.45) is 0.682. The molecule has 1 fully saturated rings. The van der Waals surface area contributed by atoms with Crippen LogP contribution in [-0.2, 0) is 10.0 Å². The number of rotatable bonds is 2. The Labute approximate surface area is 80.3 Å². The van der Waals surface area contributed by atoms with Crippen LogP contribution in [0.15, 0.2) is 0 Å². The highest BCUT2D eigenvalue weighted by atomic mass is 127. The molecule has 1 atom stereocenters. The highest BCUT2D eigenvalue weighted by Gasteiger charge is 2.29. The Morgan fingerprint density at radius 1 is 1.64 bits per heavy atom. The van der Waals surface area contributed by atoms with Gasteiger partial charge in [-0.2, -0.15) is 0 Å². The molecule has 1 unspecified atom stereocenters. The molecule has 4 nitrogen and oxygen atoms in total. The lowest BCUT2D eigenvalue weighted by molar-refractivity contribution is 0.409. The molecule has 1 aliphatic heterocycles. The maximum atomic E-state index is 10.8. The van der Waals surface area contributed by atoms with E-state index >= 15 is 0 Å². The van der Waals surface area contributed by atoms with E-state index < -0.39 is 10.0 Å². The average Bonchev–Trinajstić information content (AvgIpc) is 2.32. The highest BCUT2D eigenvalue weighted by Crippen LogP contribution is 2.15. The summed E-state index contributed by atoms with van der Waals surface area (Å²) in [6.45, 7) is 1.45. The van der Waals surface area contributed by atoms with E-state index in [-0.39, 0.29) is 5.25 Å². The van der Waals surface area contributed by atoms with E-state index in [1.54, 1.807) is 0 Å². The summed E-state index contributed by atoms with van der Waals surface area (Å²) < 4.78 is 22.6. The van der Waals surface area contributed by atoms with Crippen molar-refractivity contribution in [3.8, 4) is 0 Å². The minimum absolute atomic E-state index is 0.336. The third kappa shape index (κ3) is 2.53. The molecular formula is C5H11IN2O2S. The highest BCUT2D eigenvalue weighted by molar-refractivity contribution is 14.1. The zero-order valence-electron chi connectivity index (χ0n) is 6.03. The molecular weight excluding hydrogens is 279 g/mol. The number of hydrogen-bond donors (Lipinski definition) is 1. The molecule has 2 N–H and O–H groups in total. The van der Waals surface area contributed by atoms with Crippen LogP contribution in [-0.4, -0.2) is 36.2 Å². The van der Waals surface area contributed by atoms with Crippen LogP contribution in [0.25, 0.3) is 0 Å². The Balaban J connectivity index is 2.55. The molecule has 0 amide bonds. The van der Waals surface area contributed by atoms with Gasteiger partial charge in [-0.1, -0.05) is 22.6 Å². The maximum Gasteiger partial charge on any atom is 0.213 e. The predicted octanol–water partition coefficient (Wildman–Crippen LogP) is -0.258. The van der Waals surface area contributed by atoms with Crippen LogP contribution in [0.5, 0.6) is 0 Å². The summed E-state index contributed by atoms with van der Waals surface area (Å²) in [6, 6.07) is 0. The molecule has 1 rings (SSSR count). The lowest BCUT2D eigenvalue weighted by atomic mass is 10.4. The van der Waals surface area contributed by atoms with Crippen LogP contribution in [0.4, 0.5) is 0 Å². The number of primary sulfonamides is 1. The van der Waals surface area contributed by atoms with Gasteiger partial charge >= 0.3 is 0 Å². The molecule has 6 heteroatoms. The molecule has 1 aliphatic rings. The van der Waals surface area contributed by atoms with E-state index in [0.29, 0.717) is 13.0 Å². The van der Waals surface area contributed by atoms with Crippen LogP contribution >= 0.6 is 22.6 Å². The lowest BCUT2D eigenvalue weighted by Gasteiger charge is -2.10. The largest absolute Gasteiger partial charge is 0.293 e. The van der Waals surface area contributed by atoms with Gasteiger partial charge in [0.25, 0.3) is 0 Å². The lowest BCUT2D eigenvalue weighted by Crippen LogP contribution is -2.31. The van der Waals surface area contributed by atoms with Crippen LogP contribution in [0.2, 0.25) is 0 Å². The van der Waals surface area contributed by atoms with Crippen molar-refractivity contribution >= 4 is 32.6 Å². The minimum Gasteiger partial charge on any atom is -0.293 e. The molecule has 1 heterocycles. The van der Waals surface area contributed by atoms with Gasteiger partial charge in [-0.15, -0.1) is 0 Å². The van der Waals surface area contributed by atoms with Gasteiger partial charge in [0.15, 0.2) is 0 Å². The fraction of sp³-hybridized carbons (Fsp3) is 1.00. The van der Waals surface area contributed by atoms with Gasteiger partial charge in [0.05, 0.1) is 9.80 Å². The standard InChI is InChI=1S/C5H11IN2O2S/c6-4-8-2-1-5(3-8)11(7,9)10/h5H,1-4H2,(H2,7,9,10). The quantitative estimate of drug-likeness (QED) is 0.433. The average molecular weight is 290 g/mol. The normalized spacial score (nSPS) is 27.6. The van der Waals surface area contributed by atoms with Crippen molar-refractivity contribution in [2.45, 2.75) is 11.7 Å². The Bertz CT molecular complexity index is 229. The number of halogens is 1. The van der Waals surface area contributed by atoms with Crippen molar-refractivity contribution in [3.05, 3.63) is 0 Å². The molecule has 0 aromatic heterocycles. The first-order valence-corrected chi connectivity index (χ1v) is 6.47. The zero-order chi connectivity index (χ0) is 8.48. The number of nitrogens with zero attached hydrogens (tertiary/aromatic N) is 1. The van der Waals surface area contributed by atoms with E-state index in [4.69, 9.17) is 5.14 Å². The van der Waals surface area contributed by atoms with Gasteiger partial charge in [0.1, 0.15) is 0 Å². The van der Waals surface area contributed by atoms with E-state index in [1.165, 1.54) is 0 Å². The predicted molar refractivity (Wildman–Crippen MR) is 52.0 cm³/mol. The third-order valence-corrected chi connectivity index (χ3v) is 4.14. The van der Waals surface area contributed by atoms with E-state index in [2.05, 4.69) is 27.5 Å². The van der Waals surface area contributed by atoms with Crippen LogP contribution < -0.4 is 5.14 Å². The van der Waals surface area contributed by atoms with Gasteiger partial charge in [0, 0.05) is 13.1 Å². The van der Waals surface area contributed by atoms with Gasteiger partial charge < -0.3 is 0 Å². The SMILES string of the molecule is NS(=O)(=O)C1CCN(CI)C1. The second kappa shape index (κ2) is 3.55. The van der Waals surface area contributed by atoms with Gasteiger partial charge in [-0.05, 0) is 6.42 Å². The van der Waals surface area contributed by atoms with E-state index in [9.17, 15) is 8.42 Å². The summed E-state index contributed by atoms with van der Waals surface area (Å²) in [5.74, 6) is 0. The fourth-order valence-corrected chi connectivity index (χ4v) is 2.65. The second-order valence-electron chi connectivity index (χ2n) is 2.70. The maximum absolute atomic E-state index is 10.8. The monoisotopic (exact) mass is 290 g/mol. The topological polar surface area (TPSA) is 63.4 Å². The number of hydrogen-bond acceptors (Lipinski definition) is 3. The van der Waals surface area contributed by atoms with Gasteiger partial charge in [-0.25, -0.2) is 13.6 Å². The fourth-order valence-electron chi connectivity index (χ4n) is 1.17. The van der Waals surface area contributed by atoms with Crippen LogP contribution in [0, 0.1) is 0 Å². The number of likely N-dealkylation sites (tertiary alicyclic amines) is 1. The number of alkyl halides is 1. The first-order valence-electron chi connectivity index (χ1n) is 3.34. The van der Waals surface area contributed by atoms with Crippen molar-refractivity contribution in [2.24, 2.45) is 5.14 Å². The third-order valence-electron chi connectivity index (χ3n) is 1.86. The van der Waals surface area contributed by atoms with Crippen molar-refractivity contribution in [1.82, 2.24) is 4.90 Å². The van der Waals surface area contributed by atoms with E-state index in [0.717, 1.165) is 11.1 Å². The molecule has 0 aromatic carbocycles. The Hall–Kier alpha value is 0.600.